The molecule has 0 bridgehead atoms. The Bertz CT molecular complexity index is 823. The van der Waals surface area contributed by atoms with E-state index in [1.54, 1.807) is 7.11 Å². The van der Waals surface area contributed by atoms with Crippen molar-refractivity contribution in [1.29, 1.82) is 0 Å². The molecule has 0 spiro atoms. The molecule has 0 aromatic heterocycles. The van der Waals surface area contributed by atoms with E-state index in [2.05, 4.69) is 24.3 Å². The zero-order valence-electron chi connectivity index (χ0n) is 15.3. The lowest BCUT2D eigenvalue weighted by molar-refractivity contribution is 0.0911. The molecule has 3 rings (SSSR count). The first-order chi connectivity index (χ1) is 12.7. The second kappa shape index (κ2) is 8.48. The first kappa shape index (κ1) is 17.9. The molecule has 3 aromatic carbocycles. The van der Waals surface area contributed by atoms with Crippen LogP contribution in [0.4, 0.5) is 0 Å². The van der Waals surface area contributed by atoms with Crippen molar-refractivity contribution in [3.05, 3.63) is 102 Å². The minimum atomic E-state index is -0.119. The van der Waals surface area contributed by atoms with Crippen LogP contribution < -0.4 is 4.74 Å². The van der Waals surface area contributed by atoms with Crippen LogP contribution in [0.15, 0.2) is 84.9 Å². The molecule has 0 radical (unpaired) electrons. The van der Waals surface area contributed by atoms with Gasteiger partial charge < -0.3 is 4.74 Å². The van der Waals surface area contributed by atoms with E-state index >= 15 is 0 Å². The highest BCUT2D eigenvalue weighted by Crippen LogP contribution is 2.32. The molecule has 0 aliphatic rings. The Balaban J connectivity index is 1.92. The predicted octanol–water partition coefficient (Wildman–Crippen LogP) is 5.54. The summed E-state index contributed by atoms with van der Waals surface area (Å²) in [6, 6.07) is 28.0. The number of benzene rings is 3. The fourth-order valence-corrected chi connectivity index (χ4v) is 3.35. The van der Waals surface area contributed by atoms with Gasteiger partial charge in [0.2, 0.25) is 0 Å². The van der Waals surface area contributed by atoms with Crippen LogP contribution in [0, 0.1) is 5.92 Å². The second-order valence-electron chi connectivity index (χ2n) is 6.59. The van der Waals surface area contributed by atoms with Crippen molar-refractivity contribution in [3.63, 3.8) is 0 Å². The van der Waals surface area contributed by atoms with Gasteiger partial charge in [0.05, 0.1) is 7.11 Å². The fourth-order valence-electron chi connectivity index (χ4n) is 3.35. The Morgan fingerprint density at radius 3 is 2.00 bits per heavy atom. The van der Waals surface area contributed by atoms with Gasteiger partial charge in [0, 0.05) is 11.5 Å². The molecule has 3 aromatic rings. The zero-order valence-corrected chi connectivity index (χ0v) is 15.3. The Kier molecular flexibility index (Phi) is 5.85. The van der Waals surface area contributed by atoms with Crippen LogP contribution in [-0.2, 0) is 6.42 Å². The third-order valence-corrected chi connectivity index (χ3v) is 4.92. The smallest absolute Gasteiger partial charge is 0.166 e. The van der Waals surface area contributed by atoms with Crippen molar-refractivity contribution in [2.45, 2.75) is 19.3 Å². The van der Waals surface area contributed by atoms with Crippen molar-refractivity contribution in [2.75, 3.05) is 7.11 Å². The molecule has 2 nitrogen and oxygen atoms in total. The third kappa shape index (κ3) is 4.20. The first-order valence-electron chi connectivity index (χ1n) is 8.96. The molecular weight excluding hydrogens is 320 g/mol. The van der Waals surface area contributed by atoms with E-state index in [0.717, 1.165) is 23.3 Å². The van der Waals surface area contributed by atoms with E-state index in [4.69, 9.17) is 4.74 Å². The number of Topliss-reactive ketones (excluding diaryl/α,β-unsaturated/α-hetero) is 1. The number of methoxy groups -OCH3 is 1. The Labute approximate surface area is 155 Å². The molecule has 0 unspecified atom stereocenters. The van der Waals surface area contributed by atoms with Crippen LogP contribution in [0.2, 0.25) is 0 Å². The van der Waals surface area contributed by atoms with Gasteiger partial charge in [0.15, 0.2) is 5.78 Å². The summed E-state index contributed by atoms with van der Waals surface area (Å²) in [6.45, 7) is 2.03. The predicted molar refractivity (Wildman–Crippen MR) is 106 cm³/mol. The second-order valence-corrected chi connectivity index (χ2v) is 6.59. The van der Waals surface area contributed by atoms with Crippen LogP contribution in [-0.4, -0.2) is 12.9 Å². The van der Waals surface area contributed by atoms with E-state index in [-0.39, 0.29) is 17.6 Å². The molecule has 0 heterocycles. The largest absolute Gasteiger partial charge is 0.497 e. The maximum atomic E-state index is 13.0. The van der Waals surface area contributed by atoms with E-state index in [1.807, 2.05) is 67.6 Å². The molecule has 2 heteroatoms. The monoisotopic (exact) mass is 344 g/mol. The normalized spacial score (nSPS) is 13.0. The highest BCUT2D eigenvalue weighted by molar-refractivity contribution is 5.98. The van der Waals surface area contributed by atoms with Crippen LogP contribution in [0.1, 0.15) is 34.3 Å². The number of carbonyl (C=O) groups is 1. The van der Waals surface area contributed by atoms with Gasteiger partial charge in [-0.1, -0.05) is 79.7 Å². The van der Waals surface area contributed by atoms with Crippen LogP contribution in [0.25, 0.3) is 0 Å². The summed E-state index contributed by atoms with van der Waals surface area (Å²) in [6.07, 6.45) is 0.826. The lowest BCUT2D eigenvalue weighted by atomic mass is 9.79. The SMILES string of the molecule is COc1ccc([C@@H](Cc2ccccc2)[C@H](C)C(=O)c2ccccc2)cc1. The van der Waals surface area contributed by atoms with Crippen LogP contribution >= 0.6 is 0 Å². The highest BCUT2D eigenvalue weighted by Gasteiger charge is 2.26. The highest BCUT2D eigenvalue weighted by atomic mass is 16.5. The number of ketones is 1. The van der Waals surface area contributed by atoms with Gasteiger partial charge in [0.1, 0.15) is 5.75 Å². The minimum Gasteiger partial charge on any atom is -0.497 e. The van der Waals surface area contributed by atoms with Crippen molar-refractivity contribution >= 4 is 5.78 Å². The Hall–Kier alpha value is -2.87. The molecule has 0 amide bonds. The number of ether oxygens (including phenoxy) is 1. The number of hydrogen-bond acceptors (Lipinski definition) is 2. The Morgan fingerprint density at radius 2 is 1.42 bits per heavy atom. The number of rotatable bonds is 7. The molecule has 0 N–H and O–H groups in total. The number of carbonyl (C=O) groups excluding carboxylic acids is 1. The van der Waals surface area contributed by atoms with Crippen molar-refractivity contribution in [2.24, 2.45) is 5.92 Å². The summed E-state index contributed by atoms with van der Waals surface area (Å²) in [4.78, 5) is 13.0. The molecule has 26 heavy (non-hydrogen) atoms. The van der Waals surface area contributed by atoms with Crippen LogP contribution in [0.3, 0.4) is 0 Å². The molecular formula is C24H24O2. The van der Waals surface area contributed by atoms with Gasteiger partial charge in [-0.2, -0.15) is 0 Å². The summed E-state index contributed by atoms with van der Waals surface area (Å²) in [5, 5.41) is 0. The van der Waals surface area contributed by atoms with Gasteiger partial charge in [-0.05, 0) is 35.6 Å². The van der Waals surface area contributed by atoms with Crippen LogP contribution in [0.5, 0.6) is 5.75 Å². The first-order valence-corrected chi connectivity index (χ1v) is 8.96. The lowest BCUT2D eigenvalue weighted by Crippen LogP contribution is -2.21. The van der Waals surface area contributed by atoms with Crippen molar-refractivity contribution in [1.82, 2.24) is 0 Å². The third-order valence-electron chi connectivity index (χ3n) is 4.92. The molecule has 0 saturated carbocycles. The van der Waals surface area contributed by atoms with E-state index in [0.29, 0.717) is 0 Å². The lowest BCUT2D eigenvalue weighted by Gasteiger charge is -2.24. The van der Waals surface area contributed by atoms with Gasteiger partial charge in [-0.25, -0.2) is 0 Å². The van der Waals surface area contributed by atoms with Crippen molar-refractivity contribution in [3.8, 4) is 5.75 Å². The summed E-state index contributed by atoms with van der Waals surface area (Å²) in [5.74, 6) is 0.999. The summed E-state index contributed by atoms with van der Waals surface area (Å²) < 4.78 is 5.28. The van der Waals surface area contributed by atoms with Gasteiger partial charge >= 0.3 is 0 Å². The maximum Gasteiger partial charge on any atom is 0.166 e. The zero-order chi connectivity index (χ0) is 18.4. The topological polar surface area (TPSA) is 26.3 Å². The van der Waals surface area contributed by atoms with Gasteiger partial charge in [0.25, 0.3) is 0 Å². The quantitative estimate of drug-likeness (QED) is 0.526. The van der Waals surface area contributed by atoms with Gasteiger partial charge in [-0.15, -0.1) is 0 Å². The molecule has 0 aliphatic carbocycles. The van der Waals surface area contributed by atoms with E-state index < -0.39 is 0 Å². The average Bonchev–Trinajstić information content (AvgIpc) is 2.72. The summed E-state index contributed by atoms with van der Waals surface area (Å²) >= 11 is 0. The van der Waals surface area contributed by atoms with Crippen molar-refractivity contribution < 1.29 is 9.53 Å². The van der Waals surface area contributed by atoms with E-state index in [1.165, 1.54) is 5.56 Å². The Morgan fingerprint density at radius 1 is 0.846 bits per heavy atom. The molecule has 0 fully saturated rings. The van der Waals surface area contributed by atoms with Gasteiger partial charge in [-0.3, -0.25) is 4.79 Å². The molecule has 132 valence electrons. The number of hydrogen-bond donors (Lipinski definition) is 0. The molecule has 0 saturated heterocycles. The summed E-state index contributed by atoms with van der Waals surface area (Å²) in [5.41, 5.74) is 3.17. The fraction of sp³-hybridized carbons (Fsp3) is 0.208. The minimum absolute atomic E-state index is 0.107. The van der Waals surface area contributed by atoms with E-state index in [9.17, 15) is 4.79 Å². The summed E-state index contributed by atoms with van der Waals surface area (Å²) in [7, 11) is 1.66. The molecule has 0 aliphatic heterocycles. The average molecular weight is 344 g/mol. The molecule has 2 atom stereocenters. The maximum absolute atomic E-state index is 13.0. The standard InChI is InChI=1S/C24H24O2/c1-18(24(25)21-11-7-4-8-12-21)23(17-19-9-5-3-6-10-19)20-13-15-22(26-2)16-14-20/h3-16,18,23H,17H2,1-2H3/t18-,23-/m0/s1.